The van der Waals surface area contributed by atoms with Gasteiger partial charge in [0.15, 0.2) is 0 Å². The van der Waals surface area contributed by atoms with Crippen molar-refractivity contribution in [3.63, 3.8) is 0 Å². The van der Waals surface area contributed by atoms with E-state index in [2.05, 4.69) is 32.0 Å². The Morgan fingerprint density at radius 1 is 1.48 bits per heavy atom. The highest BCUT2D eigenvalue weighted by Gasteiger charge is 2.36. The van der Waals surface area contributed by atoms with Crippen LogP contribution < -0.4 is 4.90 Å². The third kappa shape index (κ3) is 2.12. The van der Waals surface area contributed by atoms with E-state index in [4.69, 9.17) is 0 Å². The molecule has 2 aromatic heterocycles. The molecule has 21 heavy (non-hydrogen) atoms. The molecular formula is C14H12BrN5O. The summed E-state index contributed by atoms with van der Waals surface area (Å²) in [6.45, 7) is 3.76. The average Bonchev–Trinajstić information content (AvgIpc) is 2.95. The lowest BCUT2D eigenvalue weighted by Gasteiger charge is -2.15. The second kappa shape index (κ2) is 4.97. The molecule has 7 heteroatoms. The third-order valence-electron chi connectivity index (χ3n) is 3.39. The van der Waals surface area contributed by atoms with Crippen molar-refractivity contribution < 1.29 is 4.79 Å². The quantitative estimate of drug-likeness (QED) is 0.794. The first-order valence-electron chi connectivity index (χ1n) is 6.42. The summed E-state index contributed by atoms with van der Waals surface area (Å²) in [6.07, 6.45) is 0. The van der Waals surface area contributed by atoms with Crippen LogP contribution in [0.5, 0.6) is 0 Å². The van der Waals surface area contributed by atoms with Crippen molar-refractivity contribution in [2.45, 2.75) is 26.4 Å². The molecule has 0 saturated carbocycles. The lowest BCUT2D eigenvalue weighted by molar-refractivity contribution is -0.116. The fraction of sp³-hybridized carbons (Fsp3) is 0.286. The number of hydrogen-bond donors (Lipinski definition) is 0. The van der Waals surface area contributed by atoms with Gasteiger partial charge in [-0.25, -0.2) is 4.98 Å². The molecule has 0 aromatic carbocycles. The van der Waals surface area contributed by atoms with Crippen molar-refractivity contribution in [1.29, 1.82) is 5.26 Å². The van der Waals surface area contributed by atoms with Crippen LogP contribution in [0.1, 0.15) is 12.6 Å². The summed E-state index contributed by atoms with van der Waals surface area (Å²) in [7, 11) is 0. The molecule has 3 rings (SSSR count). The van der Waals surface area contributed by atoms with Gasteiger partial charge in [-0.2, -0.15) is 5.26 Å². The SMILES string of the molecule is CC(=O)N1c2nc(-c3cccc(C)n3)c(Br)n2CC1C#N. The number of carbonyl (C=O) groups excluding carboxylic acids is 1. The van der Waals surface area contributed by atoms with Gasteiger partial charge >= 0.3 is 0 Å². The lowest BCUT2D eigenvalue weighted by atomic mass is 10.2. The van der Waals surface area contributed by atoms with Crippen molar-refractivity contribution >= 4 is 27.8 Å². The van der Waals surface area contributed by atoms with Crippen molar-refractivity contribution in [3.8, 4) is 17.5 Å². The van der Waals surface area contributed by atoms with Crippen molar-refractivity contribution in [1.82, 2.24) is 14.5 Å². The second-order valence-electron chi connectivity index (χ2n) is 4.86. The van der Waals surface area contributed by atoms with Crippen LogP contribution in [0.3, 0.4) is 0 Å². The monoisotopic (exact) mass is 345 g/mol. The van der Waals surface area contributed by atoms with Gasteiger partial charge in [0, 0.05) is 12.6 Å². The Bertz CT molecular complexity index is 776. The Hall–Kier alpha value is -2.20. The fourth-order valence-electron chi connectivity index (χ4n) is 2.46. The highest BCUT2D eigenvalue weighted by atomic mass is 79.9. The number of rotatable bonds is 1. The molecule has 0 N–H and O–H groups in total. The molecule has 0 saturated heterocycles. The van der Waals surface area contributed by atoms with Gasteiger partial charge < -0.3 is 4.57 Å². The minimum atomic E-state index is -0.513. The minimum Gasteiger partial charge on any atom is -0.301 e. The average molecular weight is 346 g/mol. The van der Waals surface area contributed by atoms with Crippen LogP contribution in [0.25, 0.3) is 11.4 Å². The summed E-state index contributed by atoms with van der Waals surface area (Å²) in [5.41, 5.74) is 2.31. The van der Waals surface area contributed by atoms with Crippen LogP contribution in [0.15, 0.2) is 22.8 Å². The first-order valence-corrected chi connectivity index (χ1v) is 7.21. The van der Waals surface area contributed by atoms with Crippen LogP contribution in [0, 0.1) is 18.3 Å². The normalized spacial score (nSPS) is 16.7. The largest absolute Gasteiger partial charge is 0.301 e. The van der Waals surface area contributed by atoms with E-state index < -0.39 is 6.04 Å². The van der Waals surface area contributed by atoms with Crippen LogP contribution >= 0.6 is 15.9 Å². The molecule has 0 bridgehead atoms. The smallest absolute Gasteiger partial charge is 0.227 e. The Kier molecular flexibility index (Phi) is 3.26. The molecule has 0 aliphatic carbocycles. The molecule has 2 aromatic rings. The third-order valence-corrected chi connectivity index (χ3v) is 4.19. The van der Waals surface area contributed by atoms with Gasteiger partial charge in [0.25, 0.3) is 0 Å². The van der Waals surface area contributed by atoms with E-state index in [1.165, 1.54) is 11.8 Å². The van der Waals surface area contributed by atoms with E-state index in [9.17, 15) is 10.1 Å². The van der Waals surface area contributed by atoms with Gasteiger partial charge in [-0.1, -0.05) is 6.07 Å². The number of aryl methyl sites for hydroxylation is 1. The van der Waals surface area contributed by atoms with E-state index in [0.717, 1.165) is 16.0 Å². The summed E-state index contributed by atoms with van der Waals surface area (Å²) in [6, 6.07) is 7.31. The number of aromatic nitrogens is 3. The van der Waals surface area contributed by atoms with Gasteiger partial charge in [-0.3, -0.25) is 14.7 Å². The molecule has 1 amide bonds. The summed E-state index contributed by atoms with van der Waals surface area (Å²) >= 11 is 3.51. The molecule has 0 spiro atoms. The molecule has 0 fully saturated rings. The summed E-state index contributed by atoms with van der Waals surface area (Å²) in [4.78, 5) is 22.2. The highest BCUT2D eigenvalue weighted by Crippen LogP contribution is 2.36. The van der Waals surface area contributed by atoms with E-state index in [0.29, 0.717) is 18.2 Å². The molecule has 1 unspecified atom stereocenters. The predicted octanol–water partition coefficient (Wildman–Crippen LogP) is 2.27. The van der Waals surface area contributed by atoms with Crippen LogP contribution in [0.4, 0.5) is 5.95 Å². The number of nitriles is 1. The molecule has 0 radical (unpaired) electrons. The molecular weight excluding hydrogens is 334 g/mol. The maximum atomic E-state index is 11.8. The number of halogens is 1. The number of carbonyl (C=O) groups is 1. The van der Waals surface area contributed by atoms with E-state index in [-0.39, 0.29) is 5.91 Å². The number of anilines is 1. The molecule has 1 atom stereocenters. The van der Waals surface area contributed by atoms with Gasteiger partial charge in [-0.15, -0.1) is 0 Å². The first kappa shape index (κ1) is 13.8. The van der Waals surface area contributed by atoms with Crippen molar-refractivity contribution in [2.24, 2.45) is 0 Å². The fourth-order valence-corrected chi connectivity index (χ4v) is 3.05. The van der Waals surface area contributed by atoms with E-state index >= 15 is 0 Å². The molecule has 6 nitrogen and oxygen atoms in total. The number of amides is 1. The lowest BCUT2D eigenvalue weighted by Crippen LogP contribution is -2.35. The zero-order valence-electron chi connectivity index (χ0n) is 11.5. The Morgan fingerprint density at radius 3 is 2.86 bits per heavy atom. The number of fused-ring (bicyclic) bond motifs is 1. The number of imidazole rings is 1. The number of nitrogens with zero attached hydrogens (tertiary/aromatic N) is 5. The Morgan fingerprint density at radius 2 is 2.24 bits per heavy atom. The van der Waals surface area contributed by atoms with Crippen LogP contribution in [0.2, 0.25) is 0 Å². The standard InChI is InChI=1S/C14H12BrN5O/c1-8-4-3-5-11(17-8)12-13(15)19-7-10(6-16)20(9(2)21)14(19)18-12/h3-5,10H,7H2,1-2H3. The maximum Gasteiger partial charge on any atom is 0.227 e. The Balaban J connectivity index is 2.13. The van der Waals surface area contributed by atoms with Crippen molar-refractivity contribution in [3.05, 3.63) is 28.5 Å². The maximum absolute atomic E-state index is 11.8. The number of pyridine rings is 1. The van der Waals surface area contributed by atoms with Crippen LogP contribution in [-0.4, -0.2) is 26.5 Å². The number of hydrogen-bond acceptors (Lipinski definition) is 4. The summed E-state index contributed by atoms with van der Waals surface area (Å²) in [5.74, 6) is 0.292. The van der Waals surface area contributed by atoms with Crippen molar-refractivity contribution in [2.75, 3.05) is 4.90 Å². The van der Waals surface area contributed by atoms with Gasteiger partial charge in [-0.05, 0) is 35.0 Å². The minimum absolute atomic E-state index is 0.193. The summed E-state index contributed by atoms with van der Waals surface area (Å²) in [5, 5.41) is 9.18. The molecule has 106 valence electrons. The second-order valence-corrected chi connectivity index (χ2v) is 5.61. The zero-order valence-corrected chi connectivity index (χ0v) is 13.1. The first-order chi connectivity index (χ1) is 10.0. The van der Waals surface area contributed by atoms with E-state index in [1.807, 2.05) is 29.7 Å². The molecule has 3 heterocycles. The predicted molar refractivity (Wildman–Crippen MR) is 80.5 cm³/mol. The van der Waals surface area contributed by atoms with Crippen LogP contribution in [-0.2, 0) is 11.3 Å². The molecule has 1 aliphatic heterocycles. The molecule has 1 aliphatic rings. The topological polar surface area (TPSA) is 74.8 Å². The zero-order chi connectivity index (χ0) is 15.1. The highest BCUT2D eigenvalue weighted by molar-refractivity contribution is 9.10. The Labute approximate surface area is 130 Å². The van der Waals surface area contributed by atoms with Gasteiger partial charge in [0.1, 0.15) is 16.3 Å². The van der Waals surface area contributed by atoms with E-state index in [1.54, 1.807) is 0 Å². The van der Waals surface area contributed by atoms with Gasteiger partial charge in [0.2, 0.25) is 11.9 Å². The summed E-state index contributed by atoms with van der Waals surface area (Å²) < 4.78 is 2.56. The van der Waals surface area contributed by atoms with Gasteiger partial charge in [0.05, 0.1) is 18.3 Å².